The van der Waals surface area contributed by atoms with Crippen LogP contribution in [-0.4, -0.2) is 25.1 Å². The fourth-order valence-electron chi connectivity index (χ4n) is 1.47. The maximum Gasteiger partial charge on any atom is 0.191 e. The van der Waals surface area contributed by atoms with Crippen molar-refractivity contribution in [3.63, 3.8) is 0 Å². The lowest BCUT2D eigenvalue weighted by Crippen LogP contribution is -2.38. The van der Waals surface area contributed by atoms with Crippen molar-refractivity contribution in [2.24, 2.45) is 4.99 Å². The van der Waals surface area contributed by atoms with Crippen LogP contribution in [0.5, 0.6) is 0 Å². The summed E-state index contributed by atoms with van der Waals surface area (Å²) >= 11 is 0. The van der Waals surface area contributed by atoms with Crippen LogP contribution in [0.2, 0.25) is 0 Å². The molecule has 0 aromatic carbocycles. The number of guanidine groups is 1. The molecule has 1 aliphatic carbocycles. The molecule has 2 N–H and O–H groups in total. The van der Waals surface area contributed by atoms with Crippen LogP contribution >= 0.6 is 0 Å². The first kappa shape index (κ1) is 12.3. The zero-order valence-corrected chi connectivity index (χ0v) is 10.2. The fourth-order valence-corrected chi connectivity index (χ4v) is 1.47. The molecule has 0 heterocycles. The van der Waals surface area contributed by atoms with E-state index in [0.717, 1.165) is 19.0 Å². The lowest BCUT2D eigenvalue weighted by atomic mass is 10.2. The number of hydrogen-bond donors (Lipinski definition) is 2. The third-order valence-corrected chi connectivity index (χ3v) is 2.54. The van der Waals surface area contributed by atoms with E-state index in [1.165, 1.54) is 38.5 Å². The first-order valence-corrected chi connectivity index (χ1v) is 6.41. The van der Waals surface area contributed by atoms with Crippen molar-refractivity contribution < 1.29 is 0 Å². The summed E-state index contributed by atoms with van der Waals surface area (Å²) in [7, 11) is 0. The van der Waals surface area contributed by atoms with Crippen molar-refractivity contribution in [2.45, 2.75) is 58.4 Å². The number of hydrogen-bond acceptors (Lipinski definition) is 1. The Labute approximate surface area is 93.7 Å². The van der Waals surface area contributed by atoms with Gasteiger partial charge in [0.2, 0.25) is 0 Å². The van der Waals surface area contributed by atoms with Crippen molar-refractivity contribution in [3.8, 4) is 0 Å². The maximum atomic E-state index is 4.56. The highest BCUT2D eigenvalue weighted by Crippen LogP contribution is 2.18. The van der Waals surface area contributed by atoms with Crippen LogP contribution in [0, 0.1) is 0 Å². The molecule has 3 nitrogen and oxygen atoms in total. The minimum Gasteiger partial charge on any atom is -0.357 e. The van der Waals surface area contributed by atoms with Crippen molar-refractivity contribution in [3.05, 3.63) is 0 Å². The van der Waals surface area contributed by atoms with Gasteiger partial charge < -0.3 is 10.6 Å². The molecule has 88 valence electrons. The predicted octanol–water partition coefficient (Wildman–Crippen LogP) is 2.28. The van der Waals surface area contributed by atoms with Crippen LogP contribution in [0.15, 0.2) is 4.99 Å². The van der Waals surface area contributed by atoms with Gasteiger partial charge in [-0.3, -0.25) is 4.99 Å². The normalized spacial score (nSPS) is 16.5. The van der Waals surface area contributed by atoms with E-state index in [-0.39, 0.29) is 0 Å². The molecule has 0 radical (unpaired) electrons. The zero-order chi connectivity index (χ0) is 10.9. The molecule has 0 saturated heterocycles. The Hall–Kier alpha value is -0.730. The molecule has 0 aromatic heterocycles. The summed E-state index contributed by atoms with van der Waals surface area (Å²) in [5.74, 6) is 1.01. The molecule has 15 heavy (non-hydrogen) atoms. The van der Waals surface area contributed by atoms with Gasteiger partial charge in [0.05, 0.1) is 0 Å². The highest BCUT2D eigenvalue weighted by molar-refractivity contribution is 5.80. The lowest BCUT2D eigenvalue weighted by molar-refractivity contribution is 0.670. The van der Waals surface area contributed by atoms with E-state index >= 15 is 0 Å². The Bertz CT molecular complexity index is 185. The number of rotatable bonds is 7. The van der Waals surface area contributed by atoms with E-state index in [2.05, 4.69) is 29.5 Å². The standard InChI is InChI=1S/C12H25N3/c1-3-5-6-7-10-14-12(13-4-2)15-11-8-9-11/h11H,3-10H2,1-2H3,(H2,13,14,15). The molecule has 1 saturated carbocycles. The van der Waals surface area contributed by atoms with Gasteiger partial charge in [-0.15, -0.1) is 0 Å². The summed E-state index contributed by atoms with van der Waals surface area (Å²) < 4.78 is 0. The van der Waals surface area contributed by atoms with Crippen LogP contribution in [0.4, 0.5) is 0 Å². The average molecular weight is 211 g/mol. The molecule has 0 bridgehead atoms. The van der Waals surface area contributed by atoms with E-state index in [9.17, 15) is 0 Å². The second-order valence-electron chi connectivity index (χ2n) is 4.24. The first-order valence-electron chi connectivity index (χ1n) is 6.41. The summed E-state index contributed by atoms with van der Waals surface area (Å²) in [6.07, 6.45) is 7.77. The van der Waals surface area contributed by atoms with Gasteiger partial charge in [0, 0.05) is 19.1 Å². The summed E-state index contributed by atoms with van der Waals surface area (Å²) in [6, 6.07) is 0.693. The molecular formula is C12H25N3. The van der Waals surface area contributed by atoms with E-state index < -0.39 is 0 Å². The Morgan fingerprint density at radius 1 is 1.20 bits per heavy atom. The minimum atomic E-state index is 0.693. The highest BCUT2D eigenvalue weighted by Gasteiger charge is 2.21. The molecule has 3 heteroatoms. The SMILES string of the molecule is CCCCCCN=C(NCC)NC1CC1. The van der Waals surface area contributed by atoms with Gasteiger partial charge in [-0.05, 0) is 26.2 Å². The predicted molar refractivity (Wildman–Crippen MR) is 66.3 cm³/mol. The van der Waals surface area contributed by atoms with E-state index in [1.54, 1.807) is 0 Å². The van der Waals surface area contributed by atoms with Crippen LogP contribution in [-0.2, 0) is 0 Å². The van der Waals surface area contributed by atoms with Crippen molar-refractivity contribution in [2.75, 3.05) is 13.1 Å². The van der Waals surface area contributed by atoms with Crippen molar-refractivity contribution in [1.82, 2.24) is 10.6 Å². The van der Waals surface area contributed by atoms with Gasteiger partial charge in [0.15, 0.2) is 5.96 Å². The van der Waals surface area contributed by atoms with Crippen LogP contribution in [0.25, 0.3) is 0 Å². The summed E-state index contributed by atoms with van der Waals surface area (Å²) in [5.41, 5.74) is 0. The van der Waals surface area contributed by atoms with Gasteiger partial charge in [0.1, 0.15) is 0 Å². The Kier molecular flexibility index (Phi) is 6.21. The van der Waals surface area contributed by atoms with Crippen LogP contribution in [0.1, 0.15) is 52.4 Å². The largest absolute Gasteiger partial charge is 0.357 e. The average Bonchev–Trinajstić information content (AvgIpc) is 3.01. The maximum absolute atomic E-state index is 4.56. The van der Waals surface area contributed by atoms with Crippen molar-refractivity contribution >= 4 is 5.96 Å². The monoisotopic (exact) mass is 211 g/mol. The third-order valence-electron chi connectivity index (χ3n) is 2.54. The number of aliphatic imine (C=N–C) groups is 1. The van der Waals surface area contributed by atoms with Crippen molar-refractivity contribution in [1.29, 1.82) is 0 Å². The molecule has 1 fully saturated rings. The smallest absolute Gasteiger partial charge is 0.191 e. The minimum absolute atomic E-state index is 0.693. The van der Waals surface area contributed by atoms with Gasteiger partial charge in [0.25, 0.3) is 0 Å². The number of nitrogens with one attached hydrogen (secondary N) is 2. The number of unbranched alkanes of at least 4 members (excludes halogenated alkanes) is 3. The van der Waals surface area contributed by atoms with Gasteiger partial charge in [-0.2, -0.15) is 0 Å². The number of nitrogens with zero attached hydrogens (tertiary/aromatic N) is 1. The molecule has 0 aromatic rings. The van der Waals surface area contributed by atoms with E-state index in [0.29, 0.717) is 6.04 Å². The molecule has 1 rings (SSSR count). The summed E-state index contributed by atoms with van der Waals surface area (Å²) in [6.45, 7) is 6.26. The zero-order valence-electron chi connectivity index (χ0n) is 10.2. The molecular weight excluding hydrogens is 186 g/mol. The first-order chi connectivity index (χ1) is 7.36. The van der Waals surface area contributed by atoms with Crippen LogP contribution < -0.4 is 10.6 Å². The van der Waals surface area contributed by atoms with E-state index in [1.807, 2.05) is 0 Å². The van der Waals surface area contributed by atoms with Gasteiger partial charge in [-0.25, -0.2) is 0 Å². The molecule has 0 aliphatic heterocycles. The fraction of sp³-hybridized carbons (Fsp3) is 0.917. The van der Waals surface area contributed by atoms with E-state index in [4.69, 9.17) is 0 Å². The Morgan fingerprint density at radius 2 is 2.00 bits per heavy atom. The second-order valence-corrected chi connectivity index (χ2v) is 4.24. The molecule has 0 amide bonds. The third kappa shape index (κ3) is 6.37. The molecule has 0 unspecified atom stereocenters. The topological polar surface area (TPSA) is 36.4 Å². The molecule has 0 atom stereocenters. The summed E-state index contributed by atoms with van der Waals surface area (Å²) in [4.78, 5) is 4.56. The Morgan fingerprint density at radius 3 is 2.60 bits per heavy atom. The molecule has 1 aliphatic rings. The highest BCUT2D eigenvalue weighted by atomic mass is 15.2. The lowest BCUT2D eigenvalue weighted by Gasteiger charge is -2.09. The van der Waals surface area contributed by atoms with Gasteiger partial charge in [-0.1, -0.05) is 26.2 Å². The van der Waals surface area contributed by atoms with Crippen LogP contribution in [0.3, 0.4) is 0 Å². The summed E-state index contributed by atoms with van der Waals surface area (Å²) in [5, 5.41) is 6.71. The molecule has 0 spiro atoms. The van der Waals surface area contributed by atoms with Gasteiger partial charge >= 0.3 is 0 Å². The second kappa shape index (κ2) is 7.55. The Balaban J connectivity index is 2.11. The quantitative estimate of drug-likeness (QED) is 0.385.